The Morgan fingerprint density at radius 3 is 2.45 bits per heavy atom. The van der Waals surface area contributed by atoms with Crippen LogP contribution in [0.15, 0.2) is 18.2 Å². The van der Waals surface area contributed by atoms with Crippen LogP contribution < -0.4 is 9.47 Å². The van der Waals surface area contributed by atoms with Gasteiger partial charge in [0, 0.05) is 0 Å². The van der Waals surface area contributed by atoms with Crippen molar-refractivity contribution in [3.8, 4) is 17.8 Å². The molecule has 5 nitrogen and oxygen atoms in total. The van der Waals surface area contributed by atoms with E-state index in [0.29, 0.717) is 11.7 Å². The molecule has 0 aliphatic heterocycles. The average molecular weight is 294 g/mol. The summed E-state index contributed by atoms with van der Waals surface area (Å²) in [6, 6.07) is 6.27. The maximum Gasteiger partial charge on any atom is 0.329 e. The molecule has 0 aliphatic rings. The fourth-order valence-electron chi connectivity index (χ4n) is 1.76. The summed E-state index contributed by atoms with van der Waals surface area (Å²) in [4.78, 5) is 11.8. The lowest BCUT2D eigenvalue weighted by molar-refractivity contribution is 0.358. The predicted molar refractivity (Wildman–Crippen MR) is 76.7 cm³/mol. The van der Waals surface area contributed by atoms with Gasteiger partial charge in [-0.1, -0.05) is 26.0 Å². The number of hydrogen-bond donors (Lipinski definition) is 0. The molecule has 2 aromatic rings. The Bertz CT molecular complexity index is 617. The van der Waals surface area contributed by atoms with Crippen molar-refractivity contribution in [2.24, 2.45) is 0 Å². The Morgan fingerprint density at radius 2 is 1.80 bits per heavy atom. The van der Waals surface area contributed by atoms with Gasteiger partial charge >= 0.3 is 12.0 Å². The molecule has 0 saturated heterocycles. The number of aromatic nitrogens is 3. The highest BCUT2D eigenvalue weighted by Gasteiger charge is 2.12. The Morgan fingerprint density at radius 1 is 1.10 bits per heavy atom. The SMILES string of the molecule is COc1nc(Cl)nc(Oc2cc(C)ccc2C(C)C)n1. The number of halogens is 1. The Labute approximate surface area is 123 Å². The molecule has 1 heterocycles. The van der Waals surface area contributed by atoms with E-state index in [4.69, 9.17) is 21.1 Å². The summed E-state index contributed by atoms with van der Waals surface area (Å²) >= 11 is 5.81. The predicted octanol–water partition coefficient (Wildman–Crippen LogP) is 3.76. The summed E-state index contributed by atoms with van der Waals surface area (Å²) in [6.45, 7) is 6.19. The van der Waals surface area contributed by atoms with Crippen molar-refractivity contribution < 1.29 is 9.47 Å². The van der Waals surface area contributed by atoms with Gasteiger partial charge in [-0.25, -0.2) is 0 Å². The van der Waals surface area contributed by atoms with Crippen LogP contribution in [0, 0.1) is 6.92 Å². The molecule has 0 bridgehead atoms. The van der Waals surface area contributed by atoms with Gasteiger partial charge < -0.3 is 9.47 Å². The van der Waals surface area contributed by atoms with E-state index in [9.17, 15) is 0 Å². The van der Waals surface area contributed by atoms with Crippen LogP contribution in [-0.2, 0) is 0 Å². The van der Waals surface area contributed by atoms with Crippen molar-refractivity contribution in [2.45, 2.75) is 26.7 Å². The van der Waals surface area contributed by atoms with Gasteiger partial charge in [-0.2, -0.15) is 9.97 Å². The molecule has 1 aromatic carbocycles. The second-order valence-corrected chi connectivity index (χ2v) is 5.01. The van der Waals surface area contributed by atoms with E-state index in [0.717, 1.165) is 11.1 Å². The lowest BCUT2D eigenvalue weighted by atomic mass is 10.0. The zero-order valence-corrected chi connectivity index (χ0v) is 12.6. The maximum atomic E-state index is 5.81. The molecule has 20 heavy (non-hydrogen) atoms. The van der Waals surface area contributed by atoms with Gasteiger partial charge in [0.15, 0.2) is 0 Å². The third-order valence-corrected chi connectivity index (χ3v) is 2.91. The first kappa shape index (κ1) is 14.5. The first-order chi connectivity index (χ1) is 9.49. The van der Waals surface area contributed by atoms with E-state index in [1.165, 1.54) is 7.11 Å². The second kappa shape index (κ2) is 6.05. The van der Waals surface area contributed by atoms with Crippen molar-refractivity contribution in [1.82, 2.24) is 15.0 Å². The van der Waals surface area contributed by atoms with Crippen LogP contribution in [0.25, 0.3) is 0 Å². The minimum absolute atomic E-state index is 0.0330. The van der Waals surface area contributed by atoms with Gasteiger partial charge in [0.2, 0.25) is 5.28 Å². The quantitative estimate of drug-likeness (QED) is 0.859. The molecule has 0 saturated carbocycles. The molecule has 0 fully saturated rings. The molecule has 6 heteroatoms. The van der Waals surface area contributed by atoms with E-state index in [1.807, 2.05) is 25.1 Å². The summed E-state index contributed by atoms with van der Waals surface area (Å²) in [7, 11) is 1.46. The van der Waals surface area contributed by atoms with Crippen LogP contribution in [0.2, 0.25) is 5.28 Å². The van der Waals surface area contributed by atoms with Crippen molar-refractivity contribution in [3.05, 3.63) is 34.6 Å². The molecular weight excluding hydrogens is 278 g/mol. The summed E-state index contributed by atoms with van der Waals surface area (Å²) in [5.41, 5.74) is 2.17. The molecule has 1 aromatic heterocycles. The van der Waals surface area contributed by atoms with Crippen molar-refractivity contribution >= 4 is 11.6 Å². The fourth-order valence-corrected chi connectivity index (χ4v) is 1.90. The Hall–Kier alpha value is -1.88. The largest absolute Gasteiger partial charge is 0.467 e. The van der Waals surface area contributed by atoms with E-state index >= 15 is 0 Å². The summed E-state index contributed by atoms with van der Waals surface area (Å²) < 4.78 is 10.7. The molecule has 0 N–H and O–H groups in total. The third kappa shape index (κ3) is 3.36. The van der Waals surface area contributed by atoms with Crippen molar-refractivity contribution in [3.63, 3.8) is 0 Å². The summed E-state index contributed by atoms with van der Waals surface area (Å²) in [6.07, 6.45) is 0. The molecule has 2 rings (SSSR count). The molecule has 0 spiro atoms. The van der Waals surface area contributed by atoms with E-state index in [2.05, 4.69) is 28.8 Å². The summed E-state index contributed by atoms with van der Waals surface area (Å²) in [5, 5.41) is 0.0330. The molecule has 0 amide bonds. The fraction of sp³-hybridized carbons (Fsp3) is 0.357. The monoisotopic (exact) mass is 293 g/mol. The number of hydrogen-bond acceptors (Lipinski definition) is 5. The van der Waals surface area contributed by atoms with Gasteiger partial charge in [0.05, 0.1) is 7.11 Å². The van der Waals surface area contributed by atoms with E-state index in [-0.39, 0.29) is 17.3 Å². The van der Waals surface area contributed by atoms with Gasteiger partial charge in [-0.15, -0.1) is 4.98 Å². The highest BCUT2D eigenvalue weighted by molar-refractivity contribution is 6.28. The zero-order valence-electron chi connectivity index (χ0n) is 11.8. The lowest BCUT2D eigenvalue weighted by Crippen LogP contribution is -2.01. The van der Waals surface area contributed by atoms with Gasteiger partial charge in [-0.3, -0.25) is 0 Å². The Kier molecular flexibility index (Phi) is 4.39. The van der Waals surface area contributed by atoms with Crippen LogP contribution in [-0.4, -0.2) is 22.1 Å². The molecule has 0 unspecified atom stereocenters. The maximum absolute atomic E-state index is 5.81. The van der Waals surface area contributed by atoms with E-state index < -0.39 is 0 Å². The van der Waals surface area contributed by atoms with Crippen LogP contribution >= 0.6 is 11.6 Å². The second-order valence-electron chi connectivity index (χ2n) is 4.67. The van der Waals surface area contributed by atoms with Gasteiger partial charge in [-0.05, 0) is 41.6 Å². The third-order valence-electron chi connectivity index (χ3n) is 2.74. The zero-order chi connectivity index (χ0) is 14.7. The highest BCUT2D eigenvalue weighted by Crippen LogP contribution is 2.30. The van der Waals surface area contributed by atoms with Crippen molar-refractivity contribution in [2.75, 3.05) is 7.11 Å². The van der Waals surface area contributed by atoms with Crippen LogP contribution in [0.5, 0.6) is 17.8 Å². The normalized spacial score (nSPS) is 10.7. The highest BCUT2D eigenvalue weighted by atomic mass is 35.5. The topological polar surface area (TPSA) is 57.1 Å². The average Bonchev–Trinajstić information content (AvgIpc) is 2.37. The van der Waals surface area contributed by atoms with Crippen LogP contribution in [0.3, 0.4) is 0 Å². The number of nitrogens with zero attached hydrogens (tertiary/aromatic N) is 3. The number of benzene rings is 1. The van der Waals surface area contributed by atoms with Crippen molar-refractivity contribution in [1.29, 1.82) is 0 Å². The Balaban J connectivity index is 2.38. The first-order valence-corrected chi connectivity index (χ1v) is 6.61. The number of aryl methyl sites for hydroxylation is 1. The molecular formula is C14H16ClN3O2. The van der Waals surface area contributed by atoms with E-state index in [1.54, 1.807) is 0 Å². The minimum Gasteiger partial charge on any atom is -0.467 e. The molecule has 0 aliphatic carbocycles. The summed E-state index contributed by atoms with van der Waals surface area (Å²) in [5.74, 6) is 1.04. The van der Waals surface area contributed by atoms with Gasteiger partial charge in [0.1, 0.15) is 5.75 Å². The number of ether oxygens (including phenoxy) is 2. The number of methoxy groups -OCH3 is 1. The lowest BCUT2D eigenvalue weighted by Gasteiger charge is -2.13. The standard InChI is InChI=1S/C14H16ClN3O2/c1-8(2)10-6-5-9(3)7-11(10)20-14-17-12(15)16-13(18-14)19-4/h5-8H,1-4H3. The van der Waals surface area contributed by atoms with Crippen LogP contribution in [0.4, 0.5) is 0 Å². The molecule has 106 valence electrons. The first-order valence-electron chi connectivity index (χ1n) is 6.23. The molecule has 0 atom stereocenters. The minimum atomic E-state index is 0.0330. The van der Waals surface area contributed by atoms with Gasteiger partial charge in [0.25, 0.3) is 0 Å². The molecule has 0 radical (unpaired) electrons. The smallest absolute Gasteiger partial charge is 0.329 e. The van der Waals surface area contributed by atoms with Crippen LogP contribution in [0.1, 0.15) is 30.9 Å². The number of rotatable bonds is 4.